The molecule has 1 heterocycles. The molecular formula is C8H13I2NO2. The molecular weight excluding hydrogens is 396 g/mol. The van der Waals surface area contributed by atoms with Crippen molar-refractivity contribution < 1.29 is 9.59 Å². The van der Waals surface area contributed by atoms with Crippen molar-refractivity contribution in [2.75, 3.05) is 4.93 Å². The Morgan fingerprint density at radius 1 is 1.54 bits per heavy atom. The van der Waals surface area contributed by atoms with Gasteiger partial charge in [0.05, 0.1) is 0 Å². The third-order valence-corrected chi connectivity index (χ3v) is 12.1. The molecule has 1 fully saturated rings. The van der Waals surface area contributed by atoms with Gasteiger partial charge in [0.15, 0.2) is 0 Å². The van der Waals surface area contributed by atoms with E-state index >= 15 is 0 Å². The van der Waals surface area contributed by atoms with Gasteiger partial charge in [0.25, 0.3) is 0 Å². The number of rotatable bonds is 2. The predicted molar refractivity (Wildman–Crippen MR) is 69.3 cm³/mol. The van der Waals surface area contributed by atoms with Gasteiger partial charge in [-0.25, -0.2) is 0 Å². The molecule has 0 aliphatic carbocycles. The summed E-state index contributed by atoms with van der Waals surface area (Å²) in [5.41, 5.74) is 0. The fraction of sp³-hybridized carbons (Fsp3) is 0.750. The van der Waals surface area contributed by atoms with E-state index in [0.717, 1.165) is 0 Å². The van der Waals surface area contributed by atoms with Gasteiger partial charge in [0.1, 0.15) is 0 Å². The first-order chi connectivity index (χ1) is 5.91. The fourth-order valence-corrected chi connectivity index (χ4v) is 10.3. The van der Waals surface area contributed by atoms with Crippen LogP contribution in [0.5, 0.6) is 0 Å². The number of carbonyl (C=O) groups is 2. The molecule has 2 amide bonds. The molecule has 0 aromatic carbocycles. The van der Waals surface area contributed by atoms with Gasteiger partial charge in [-0.2, -0.15) is 0 Å². The fourth-order valence-electron chi connectivity index (χ4n) is 1.57. The second-order valence-corrected chi connectivity index (χ2v) is 15.9. The first kappa shape index (κ1) is 11.7. The monoisotopic (exact) mass is 409 g/mol. The summed E-state index contributed by atoms with van der Waals surface area (Å²) in [7, 11) is 0. The molecule has 3 nitrogen and oxygen atoms in total. The average Bonchev–Trinajstić information content (AvgIpc) is 2.26. The summed E-state index contributed by atoms with van der Waals surface area (Å²) in [5, 5.41) is 2.43. The Bertz CT molecular complexity index is 243. The van der Waals surface area contributed by atoms with Crippen LogP contribution in [0, 0.1) is 5.92 Å². The predicted octanol–water partition coefficient (Wildman–Crippen LogP) is 1.91. The van der Waals surface area contributed by atoms with E-state index in [1.807, 2.05) is 13.8 Å². The summed E-state index contributed by atoms with van der Waals surface area (Å²) >= 11 is 1.03. The van der Waals surface area contributed by atoms with Gasteiger partial charge in [0, 0.05) is 0 Å². The van der Waals surface area contributed by atoms with Gasteiger partial charge in [-0.05, 0) is 0 Å². The molecule has 1 aliphatic heterocycles. The van der Waals surface area contributed by atoms with Crippen molar-refractivity contribution in [3.05, 3.63) is 0 Å². The molecule has 1 rings (SSSR count). The van der Waals surface area contributed by atoms with E-state index in [1.165, 1.54) is 0 Å². The Hall–Kier alpha value is 0.600. The summed E-state index contributed by atoms with van der Waals surface area (Å²) in [6.07, 6.45) is 0.411. The third kappa shape index (κ3) is 1.86. The molecule has 0 aromatic rings. The minimum atomic E-state index is -1.35. The number of hydrogen-bond donors (Lipinski definition) is 1. The van der Waals surface area contributed by atoms with Crippen molar-refractivity contribution in [3.8, 4) is 0 Å². The number of carbonyl (C=O) groups excluding carboxylic acids is 2. The zero-order valence-corrected chi connectivity index (χ0v) is 12.2. The Morgan fingerprint density at radius 3 is 2.23 bits per heavy atom. The Labute approximate surface area is 95.0 Å². The average molecular weight is 409 g/mol. The van der Waals surface area contributed by atoms with Crippen molar-refractivity contribution in [1.29, 1.82) is 0 Å². The van der Waals surface area contributed by atoms with Crippen LogP contribution in [0.1, 0.15) is 20.3 Å². The SMILES string of the molecule is CC(C)C1(I(C)I)CC(=O)NC1=O. The van der Waals surface area contributed by atoms with Crippen LogP contribution >= 0.6 is 34.5 Å². The first-order valence-electron chi connectivity index (χ1n) is 4.02. The third-order valence-electron chi connectivity index (χ3n) is 2.43. The van der Waals surface area contributed by atoms with Gasteiger partial charge >= 0.3 is 95.7 Å². The molecule has 13 heavy (non-hydrogen) atoms. The molecule has 0 radical (unpaired) electrons. The number of alkyl halides is 2. The van der Waals surface area contributed by atoms with E-state index in [0.29, 0.717) is 6.42 Å². The molecule has 0 aromatic heterocycles. The van der Waals surface area contributed by atoms with Crippen LogP contribution < -0.4 is 5.32 Å². The first-order valence-corrected chi connectivity index (χ1v) is 13.5. The van der Waals surface area contributed by atoms with Crippen molar-refractivity contribution in [1.82, 2.24) is 5.32 Å². The van der Waals surface area contributed by atoms with E-state index in [4.69, 9.17) is 0 Å². The quantitative estimate of drug-likeness (QED) is 0.431. The zero-order valence-electron chi connectivity index (χ0n) is 7.86. The van der Waals surface area contributed by atoms with Crippen LogP contribution in [0.2, 0.25) is 0 Å². The molecule has 0 saturated carbocycles. The summed E-state index contributed by atoms with van der Waals surface area (Å²) < 4.78 is -0.332. The van der Waals surface area contributed by atoms with Crippen LogP contribution in [-0.4, -0.2) is 20.2 Å². The van der Waals surface area contributed by atoms with Gasteiger partial charge in [-0.3, -0.25) is 0 Å². The van der Waals surface area contributed by atoms with Crippen LogP contribution in [0.3, 0.4) is 0 Å². The van der Waals surface area contributed by atoms with Crippen molar-refractivity contribution >= 4 is 46.3 Å². The van der Waals surface area contributed by atoms with Crippen LogP contribution in [0.15, 0.2) is 0 Å². The maximum atomic E-state index is 11.7. The molecule has 1 unspecified atom stereocenters. The normalized spacial score (nSPS) is 29.5. The number of halogens is 2. The number of hydrogen-bond acceptors (Lipinski definition) is 2. The van der Waals surface area contributed by atoms with Crippen molar-refractivity contribution in [2.24, 2.45) is 5.92 Å². The van der Waals surface area contributed by atoms with E-state index in [2.05, 4.69) is 28.9 Å². The number of nitrogens with one attached hydrogen (secondary N) is 1. The van der Waals surface area contributed by atoms with Crippen LogP contribution in [-0.2, 0) is 9.59 Å². The van der Waals surface area contributed by atoms with E-state index in [1.54, 1.807) is 0 Å². The van der Waals surface area contributed by atoms with E-state index < -0.39 is 15.8 Å². The topological polar surface area (TPSA) is 46.2 Å². The summed E-state index contributed by atoms with van der Waals surface area (Å²) in [4.78, 5) is 25.0. The second-order valence-electron chi connectivity index (χ2n) is 3.47. The maximum absolute atomic E-state index is 11.7. The molecule has 1 N–H and O–H groups in total. The molecule has 76 valence electrons. The Balaban J connectivity index is 3.05. The number of imide groups is 1. The molecule has 1 aliphatic rings. The van der Waals surface area contributed by atoms with Gasteiger partial charge in [-0.1, -0.05) is 0 Å². The van der Waals surface area contributed by atoms with E-state index in [9.17, 15) is 9.59 Å². The van der Waals surface area contributed by atoms with Gasteiger partial charge < -0.3 is 0 Å². The molecule has 1 saturated heterocycles. The molecule has 0 spiro atoms. The second kappa shape index (κ2) is 4.00. The molecule has 1 atom stereocenters. The Kier molecular flexibility index (Phi) is 3.59. The number of amides is 2. The Morgan fingerprint density at radius 2 is 2.08 bits per heavy atom. The van der Waals surface area contributed by atoms with Gasteiger partial charge in [0.2, 0.25) is 0 Å². The van der Waals surface area contributed by atoms with E-state index in [-0.39, 0.29) is 21.2 Å². The van der Waals surface area contributed by atoms with Gasteiger partial charge in [-0.15, -0.1) is 0 Å². The standard InChI is InChI=1S/C8H13I2NO2/c1-5(2)8(10(3)9)4-6(12)11-7(8)13/h5H,4H2,1-3H3,(H,11,12,13). The molecule has 5 heteroatoms. The minimum absolute atomic E-state index is 0.0328. The molecule has 0 bridgehead atoms. The van der Waals surface area contributed by atoms with Crippen LogP contribution in [0.25, 0.3) is 0 Å². The summed E-state index contributed by atoms with van der Waals surface area (Å²) in [6, 6.07) is 0. The summed E-state index contributed by atoms with van der Waals surface area (Å²) in [5.74, 6) is 0.139. The van der Waals surface area contributed by atoms with Crippen LogP contribution in [0.4, 0.5) is 0 Å². The van der Waals surface area contributed by atoms with Crippen molar-refractivity contribution in [2.45, 2.75) is 23.7 Å². The van der Waals surface area contributed by atoms with Crippen molar-refractivity contribution in [3.63, 3.8) is 0 Å². The zero-order chi connectivity index (χ0) is 10.2. The summed E-state index contributed by atoms with van der Waals surface area (Å²) in [6.45, 7) is 4.07.